The smallest absolute Gasteiger partial charge is 0.338 e. The Bertz CT molecular complexity index is 512. The molecule has 0 aliphatic heterocycles. The maximum absolute atomic E-state index is 10.6. The Hall–Kier alpha value is -2.01. The van der Waals surface area contributed by atoms with Crippen LogP contribution in [0.25, 0.3) is 0 Å². The van der Waals surface area contributed by atoms with Gasteiger partial charge in [0, 0.05) is 0 Å². The molecule has 2 aromatic rings. The van der Waals surface area contributed by atoms with Crippen molar-refractivity contribution in [2.75, 3.05) is 0 Å². The average Bonchev–Trinajstić information content (AvgIpc) is 2.88. The molecule has 2 aromatic heterocycles. The number of hydrogen-bond donors (Lipinski definition) is 2. The van der Waals surface area contributed by atoms with E-state index in [0.29, 0.717) is 18.8 Å². The Balaban J connectivity index is 1.83. The lowest BCUT2D eigenvalue weighted by atomic mass is 10.3. The third-order valence-corrected chi connectivity index (χ3v) is 2.30. The van der Waals surface area contributed by atoms with Crippen LogP contribution in [0.2, 0.25) is 0 Å². The molecule has 0 unspecified atom stereocenters. The summed E-state index contributed by atoms with van der Waals surface area (Å²) in [5.41, 5.74) is 0.163. The zero-order valence-electron chi connectivity index (χ0n) is 9.40. The van der Waals surface area contributed by atoms with Crippen LogP contribution in [0.1, 0.15) is 27.6 Å². The van der Waals surface area contributed by atoms with Crippen molar-refractivity contribution >= 4 is 5.97 Å². The molecule has 5 heteroatoms. The lowest BCUT2D eigenvalue weighted by Crippen LogP contribution is -2.11. The number of carboxylic acids is 1. The molecule has 0 saturated heterocycles. The van der Waals surface area contributed by atoms with Crippen LogP contribution in [-0.2, 0) is 13.1 Å². The minimum atomic E-state index is -0.985. The maximum atomic E-state index is 10.6. The molecule has 0 bridgehead atoms. The monoisotopic (exact) mass is 235 g/mol. The van der Waals surface area contributed by atoms with Crippen LogP contribution in [0.4, 0.5) is 0 Å². The van der Waals surface area contributed by atoms with E-state index in [9.17, 15) is 4.79 Å². The van der Waals surface area contributed by atoms with Gasteiger partial charge >= 0.3 is 5.97 Å². The molecule has 0 aliphatic rings. The van der Waals surface area contributed by atoms with Crippen molar-refractivity contribution in [3.8, 4) is 0 Å². The Morgan fingerprint density at radius 3 is 2.71 bits per heavy atom. The van der Waals surface area contributed by atoms with Crippen molar-refractivity contribution < 1.29 is 18.7 Å². The van der Waals surface area contributed by atoms with Gasteiger partial charge in [-0.15, -0.1) is 0 Å². The fourth-order valence-electron chi connectivity index (χ4n) is 1.47. The van der Waals surface area contributed by atoms with Gasteiger partial charge in [-0.3, -0.25) is 0 Å². The van der Waals surface area contributed by atoms with E-state index in [2.05, 4.69) is 5.32 Å². The van der Waals surface area contributed by atoms with Gasteiger partial charge in [-0.1, -0.05) is 0 Å². The molecule has 2 rings (SSSR count). The minimum Gasteiger partial charge on any atom is -0.478 e. The van der Waals surface area contributed by atoms with Crippen LogP contribution in [0.5, 0.6) is 0 Å². The molecule has 90 valence electrons. The molecule has 0 amide bonds. The van der Waals surface area contributed by atoms with Crippen LogP contribution >= 0.6 is 0 Å². The first kappa shape index (κ1) is 11.5. The van der Waals surface area contributed by atoms with Gasteiger partial charge in [0.15, 0.2) is 0 Å². The second-order valence-electron chi connectivity index (χ2n) is 3.72. The largest absolute Gasteiger partial charge is 0.478 e. The highest BCUT2D eigenvalue weighted by Crippen LogP contribution is 2.09. The molecule has 0 atom stereocenters. The van der Waals surface area contributed by atoms with E-state index in [4.69, 9.17) is 13.9 Å². The van der Waals surface area contributed by atoms with Crippen molar-refractivity contribution in [2.45, 2.75) is 20.0 Å². The molecule has 0 saturated carbocycles. The number of aryl methyl sites for hydroxylation is 1. The summed E-state index contributed by atoms with van der Waals surface area (Å²) in [6, 6.07) is 5.29. The van der Waals surface area contributed by atoms with E-state index in [0.717, 1.165) is 11.5 Å². The summed E-state index contributed by atoms with van der Waals surface area (Å²) in [6.45, 7) is 2.93. The predicted molar refractivity (Wildman–Crippen MR) is 59.7 cm³/mol. The number of rotatable bonds is 5. The number of furan rings is 2. The average molecular weight is 235 g/mol. The standard InChI is InChI=1S/C12H13NO4/c1-8-2-3-10(17-8)5-13-6-11-4-9(7-16-11)12(14)15/h2-4,7,13H,5-6H2,1H3,(H,14,15). The quantitative estimate of drug-likeness (QED) is 0.830. The Morgan fingerprint density at radius 1 is 1.35 bits per heavy atom. The highest BCUT2D eigenvalue weighted by Gasteiger charge is 2.07. The number of nitrogens with one attached hydrogen (secondary N) is 1. The first-order valence-corrected chi connectivity index (χ1v) is 5.22. The number of hydrogen-bond acceptors (Lipinski definition) is 4. The van der Waals surface area contributed by atoms with E-state index >= 15 is 0 Å². The highest BCUT2D eigenvalue weighted by atomic mass is 16.4. The second-order valence-corrected chi connectivity index (χ2v) is 3.72. The Kier molecular flexibility index (Phi) is 3.30. The summed E-state index contributed by atoms with van der Waals surface area (Å²) < 4.78 is 10.5. The molecule has 17 heavy (non-hydrogen) atoms. The van der Waals surface area contributed by atoms with E-state index in [1.54, 1.807) is 0 Å². The van der Waals surface area contributed by atoms with Crippen molar-refractivity contribution in [3.63, 3.8) is 0 Å². The summed E-state index contributed by atoms with van der Waals surface area (Å²) >= 11 is 0. The lowest BCUT2D eigenvalue weighted by Gasteiger charge is -1.99. The van der Waals surface area contributed by atoms with Gasteiger partial charge in [0.1, 0.15) is 23.5 Å². The first-order chi connectivity index (χ1) is 8.15. The first-order valence-electron chi connectivity index (χ1n) is 5.22. The third kappa shape index (κ3) is 2.98. The van der Waals surface area contributed by atoms with E-state index in [-0.39, 0.29) is 5.56 Å². The normalized spacial score (nSPS) is 10.6. The van der Waals surface area contributed by atoms with Gasteiger partial charge in [0.05, 0.1) is 18.7 Å². The van der Waals surface area contributed by atoms with Crippen molar-refractivity contribution in [1.82, 2.24) is 5.32 Å². The molecule has 0 spiro atoms. The summed E-state index contributed by atoms with van der Waals surface area (Å²) in [6.07, 6.45) is 1.23. The van der Waals surface area contributed by atoms with Crippen molar-refractivity contribution in [3.05, 3.63) is 47.3 Å². The summed E-state index contributed by atoms with van der Waals surface area (Å²) in [5, 5.41) is 11.8. The number of aromatic carboxylic acids is 1. The predicted octanol–water partition coefficient (Wildman–Crippen LogP) is 2.17. The Labute approximate surface area is 98.0 Å². The molecule has 2 N–H and O–H groups in total. The highest BCUT2D eigenvalue weighted by molar-refractivity contribution is 5.87. The molecule has 0 aromatic carbocycles. The number of carbonyl (C=O) groups is 1. The minimum absolute atomic E-state index is 0.163. The molecular formula is C12H13NO4. The van der Waals surface area contributed by atoms with Gasteiger partial charge in [-0.2, -0.15) is 0 Å². The zero-order chi connectivity index (χ0) is 12.3. The van der Waals surface area contributed by atoms with Gasteiger partial charge in [-0.25, -0.2) is 4.79 Å². The van der Waals surface area contributed by atoms with E-state index < -0.39 is 5.97 Å². The second kappa shape index (κ2) is 4.88. The van der Waals surface area contributed by atoms with Gasteiger partial charge < -0.3 is 19.3 Å². The van der Waals surface area contributed by atoms with Crippen LogP contribution in [-0.4, -0.2) is 11.1 Å². The fourth-order valence-corrected chi connectivity index (χ4v) is 1.47. The van der Waals surface area contributed by atoms with Crippen LogP contribution in [0.3, 0.4) is 0 Å². The number of carboxylic acid groups (broad SMARTS) is 1. The summed E-state index contributed by atoms with van der Waals surface area (Å²) in [5.74, 6) is 1.31. The molecule has 5 nitrogen and oxygen atoms in total. The SMILES string of the molecule is Cc1ccc(CNCc2cc(C(=O)O)co2)o1. The van der Waals surface area contributed by atoms with E-state index in [1.807, 2.05) is 19.1 Å². The topological polar surface area (TPSA) is 75.6 Å². The lowest BCUT2D eigenvalue weighted by molar-refractivity contribution is 0.0696. The van der Waals surface area contributed by atoms with Crippen LogP contribution in [0.15, 0.2) is 33.3 Å². The van der Waals surface area contributed by atoms with Crippen molar-refractivity contribution in [2.24, 2.45) is 0 Å². The Morgan fingerprint density at radius 2 is 2.12 bits per heavy atom. The zero-order valence-corrected chi connectivity index (χ0v) is 9.40. The van der Waals surface area contributed by atoms with Gasteiger partial charge in [0.25, 0.3) is 0 Å². The third-order valence-electron chi connectivity index (χ3n) is 2.30. The summed E-state index contributed by atoms with van der Waals surface area (Å²) in [7, 11) is 0. The molecule has 0 aliphatic carbocycles. The molecule has 0 fully saturated rings. The fraction of sp³-hybridized carbons (Fsp3) is 0.250. The summed E-state index contributed by atoms with van der Waals surface area (Å²) in [4.78, 5) is 10.6. The van der Waals surface area contributed by atoms with Crippen LogP contribution < -0.4 is 5.32 Å². The molecule has 2 heterocycles. The van der Waals surface area contributed by atoms with Gasteiger partial charge in [0.2, 0.25) is 0 Å². The maximum Gasteiger partial charge on any atom is 0.338 e. The van der Waals surface area contributed by atoms with Gasteiger partial charge in [-0.05, 0) is 25.1 Å². The van der Waals surface area contributed by atoms with Crippen LogP contribution in [0, 0.1) is 6.92 Å². The van der Waals surface area contributed by atoms with E-state index in [1.165, 1.54) is 12.3 Å². The molecule has 0 radical (unpaired) electrons. The molecular weight excluding hydrogens is 222 g/mol. The van der Waals surface area contributed by atoms with Crippen molar-refractivity contribution in [1.29, 1.82) is 0 Å².